The van der Waals surface area contributed by atoms with Crippen LogP contribution in [0, 0.1) is 17.6 Å². The predicted octanol–water partition coefficient (Wildman–Crippen LogP) is 5.61. The van der Waals surface area contributed by atoms with Crippen molar-refractivity contribution < 1.29 is 23.1 Å². The summed E-state index contributed by atoms with van der Waals surface area (Å²) < 4.78 is 33.4. The first-order chi connectivity index (χ1) is 14.7. The van der Waals surface area contributed by atoms with Gasteiger partial charge < -0.3 is 9.64 Å². The molecule has 0 saturated carbocycles. The molecule has 0 fully saturated rings. The van der Waals surface area contributed by atoms with Crippen molar-refractivity contribution in [2.75, 3.05) is 6.61 Å². The Bertz CT molecular complexity index is 1040. The average molecular weight is 448 g/mol. The van der Waals surface area contributed by atoms with E-state index in [-0.39, 0.29) is 37.0 Å². The maximum Gasteiger partial charge on any atom is 0.336 e. The summed E-state index contributed by atoms with van der Waals surface area (Å²) in [5.74, 6) is -3.32. The van der Waals surface area contributed by atoms with Gasteiger partial charge in [0.1, 0.15) is 0 Å². The van der Waals surface area contributed by atoms with Gasteiger partial charge in [-0.05, 0) is 30.5 Å². The zero-order chi connectivity index (χ0) is 22.7. The molecule has 1 aliphatic heterocycles. The first-order valence-electron chi connectivity index (χ1n) is 10.1. The van der Waals surface area contributed by atoms with Crippen LogP contribution in [0.2, 0.25) is 5.02 Å². The van der Waals surface area contributed by atoms with Crippen LogP contribution in [0.3, 0.4) is 0 Å². The molecule has 0 unspecified atom stereocenters. The first kappa shape index (κ1) is 22.9. The minimum Gasteiger partial charge on any atom is -0.462 e. The topological polar surface area (TPSA) is 46.6 Å². The lowest BCUT2D eigenvalue weighted by Crippen LogP contribution is -2.38. The Balaban J connectivity index is 2.05. The smallest absolute Gasteiger partial charge is 0.336 e. The van der Waals surface area contributed by atoms with Crippen LogP contribution in [0.1, 0.15) is 44.2 Å². The highest BCUT2D eigenvalue weighted by molar-refractivity contribution is 6.31. The van der Waals surface area contributed by atoms with E-state index in [9.17, 15) is 18.4 Å². The fraction of sp³-hybridized carbons (Fsp3) is 0.333. The molecular formula is C24H24ClF2NO3. The zero-order valence-electron chi connectivity index (χ0n) is 17.6. The zero-order valence-corrected chi connectivity index (χ0v) is 18.4. The predicted molar refractivity (Wildman–Crippen MR) is 114 cm³/mol. The monoisotopic (exact) mass is 447 g/mol. The number of ether oxygens (including phenoxy) is 1. The standard InChI is InChI=1S/C24H24ClF2NO3/c1-14(2)13-31-24(30)22-15(3)28(12-16-7-6-10-20(26)23(16)27)21(29)11-18(22)17-8-4-5-9-19(17)25/h4-10,14,18H,11-13H2,1-3H3/t18-/m0/s1. The maximum absolute atomic E-state index is 14.2. The number of benzene rings is 2. The van der Waals surface area contributed by atoms with E-state index < -0.39 is 23.5 Å². The number of amides is 1. The van der Waals surface area contributed by atoms with Gasteiger partial charge in [-0.15, -0.1) is 0 Å². The number of rotatable bonds is 6. The minimum atomic E-state index is -1.01. The normalized spacial score (nSPS) is 16.8. The van der Waals surface area contributed by atoms with Gasteiger partial charge in [0.05, 0.1) is 18.7 Å². The van der Waals surface area contributed by atoms with Crippen molar-refractivity contribution in [1.29, 1.82) is 0 Å². The number of nitrogens with zero attached hydrogens (tertiary/aromatic N) is 1. The van der Waals surface area contributed by atoms with Crippen LogP contribution >= 0.6 is 11.6 Å². The summed E-state index contributed by atoms with van der Waals surface area (Å²) in [6, 6.07) is 10.8. The van der Waals surface area contributed by atoms with Crippen LogP contribution < -0.4 is 0 Å². The van der Waals surface area contributed by atoms with Crippen LogP contribution in [0.15, 0.2) is 53.7 Å². The fourth-order valence-electron chi connectivity index (χ4n) is 3.65. The lowest BCUT2D eigenvalue weighted by atomic mass is 9.83. The Labute approximate surface area is 185 Å². The molecule has 31 heavy (non-hydrogen) atoms. The van der Waals surface area contributed by atoms with Gasteiger partial charge >= 0.3 is 5.97 Å². The third-order valence-corrected chi connectivity index (χ3v) is 5.58. The van der Waals surface area contributed by atoms with Crippen LogP contribution in [0.4, 0.5) is 8.78 Å². The van der Waals surface area contributed by atoms with Crippen LogP contribution in [0.25, 0.3) is 0 Å². The molecule has 0 aromatic heterocycles. The number of hydrogen-bond donors (Lipinski definition) is 0. The van der Waals surface area contributed by atoms with Crippen LogP contribution in [-0.4, -0.2) is 23.4 Å². The molecule has 0 aliphatic carbocycles. The van der Waals surface area contributed by atoms with Crippen molar-refractivity contribution in [3.05, 3.63) is 81.5 Å². The van der Waals surface area contributed by atoms with Crippen molar-refractivity contribution in [2.24, 2.45) is 5.92 Å². The summed E-state index contributed by atoms with van der Waals surface area (Å²) in [6.45, 7) is 5.48. The van der Waals surface area contributed by atoms with Gasteiger partial charge in [-0.3, -0.25) is 4.79 Å². The Kier molecular flexibility index (Phi) is 7.11. The highest BCUT2D eigenvalue weighted by Gasteiger charge is 2.38. The Morgan fingerprint density at radius 3 is 2.58 bits per heavy atom. The third-order valence-electron chi connectivity index (χ3n) is 5.23. The molecule has 4 nitrogen and oxygen atoms in total. The van der Waals surface area contributed by atoms with Gasteiger partial charge in [-0.1, -0.05) is 55.8 Å². The largest absolute Gasteiger partial charge is 0.462 e. The summed E-state index contributed by atoms with van der Waals surface area (Å²) in [6.07, 6.45) is -0.0376. The number of esters is 1. The molecule has 0 radical (unpaired) electrons. The van der Waals surface area contributed by atoms with E-state index in [1.807, 2.05) is 13.8 Å². The summed E-state index contributed by atoms with van der Waals surface area (Å²) >= 11 is 6.36. The Morgan fingerprint density at radius 2 is 1.90 bits per heavy atom. The highest BCUT2D eigenvalue weighted by Crippen LogP contribution is 2.40. The second kappa shape index (κ2) is 9.60. The second-order valence-electron chi connectivity index (χ2n) is 7.96. The van der Waals surface area contributed by atoms with Gasteiger partial charge in [0.15, 0.2) is 11.6 Å². The van der Waals surface area contributed by atoms with E-state index in [0.29, 0.717) is 21.9 Å². The van der Waals surface area contributed by atoms with E-state index in [1.54, 1.807) is 31.2 Å². The quantitative estimate of drug-likeness (QED) is 0.541. The molecule has 7 heteroatoms. The van der Waals surface area contributed by atoms with Crippen molar-refractivity contribution in [2.45, 2.75) is 39.7 Å². The van der Waals surface area contributed by atoms with Crippen molar-refractivity contribution >= 4 is 23.5 Å². The molecule has 164 valence electrons. The molecule has 3 rings (SSSR count). The average Bonchev–Trinajstić information content (AvgIpc) is 2.72. The Morgan fingerprint density at radius 1 is 1.19 bits per heavy atom. The SMILES string of the molecule is CC1=C(C(=O)OCC(C)C)[C@H](c2ccccc2Cl)CC(=O)N1Cc1cccc(F)c1F. The van der Waals surface area contributed by atoms with E-state index in [2.05, 4.69) is 0 Å². The molecule has 2 aromatic rings. The van der Waals surface area contributed by atoms with Crippen molar-refractivity contribution in [3.8, 4) is 0 Å². The van der Waals surface area contributed by atoms with Crippen molar-refractivity contribution in [1.82, 2.24) is 4.90 Å². The van der Waals surface area contributed by atoms with Crippen LogP contribution in [-0.2, 0) is 20.9 Å². The number of carbonyl (C=O) groups is 2. The third kappa shape index (κ3) is 4.96. The molecule has 1 atom stereocenters. The summed E-state index contributed by atoms with van der Waals surface area (Å²) in [7, 11) is 0. The summed E-state index contributed by atoms with van der Waals surface area (Å²) in [5.41, 5.74) is 1.31. The van der Waals surface area contributed by atoms with E-state index in [0.717, 1.165) is 6.07 Å². The lowest BCUT2D eigenvalue weighted by Gasteiger charge is -2.35. The van der Waals surface area contributed by atoms with Gasteiger partial charge in [0, 0.05) is 28.6 Å². The van der Waals surface area contributed by atoms with E-state index in [4.69, 9.17) is 16.3 Å². The highest BCUT2D eigenvalue weighted by atomic mass is 35.5. The molecule has 2 aromatic carbocycles. The van der Waals surface area contributed by atoms with Gasteiger partial charge in [-0.25, -0.2) is 13.6 Å². The lowest BCUT2D eigenvalue weighted by molar-refractivity contribution is -0.141. The number of carbonyl (C=O) groups excluding carboxylic acids is 2. The molecule has 0 spiro atoms. The van der Waals surface area contributed by atoms with Crippen LogP contribution in [0.5, 0.6) is 0 Å². The van der Waals surface area contributed by atoms with E-state index in [1.165, 1.54) is 17.0 Å². The van der Waals surface area contributed by atoms with Gasteiger partial charge in [0.2, 0.25) is 5.91 Å². The first-order valence-corrected chi connectivity index (χ1v) is 10.4. The van der Waals surface area contributed by atoms with Gasteiger partial charge in [0.25, 0.3) is 0 Å². The number of halogens is 3. The van der Waals surface area contributed by atoms with Gasteiger partial charge in [-0.2, -0.15) is 0 Å². The molecule has 0 saturated heterocycles. The molecule has 1 heterocycles. The summed E-state index contributed by atoms with van der Waals surface area (Å²) in [5, 5.41) is 0.437. The molecule has 1 aliphatic rings. The molecule has 1 amide bonds. The fourth-order valence-corrected chi connectivity index (χ4v) is 3.92. The minimum absolute atomic E-state index is 0.0267. The Hall–Kier alpha value is -2.73. The van der Waals surface area contributed by atoms with E-state index >= 15 is 0 Å². The number of allylic oxidation sites excluding steroid dienone is 1. The molecular weight excluding hydrogens is 424 g/mol. The van der Waals surface area contributed by atoms with Crippen molar-refractivity contribution in [3.63, 3.8) is 0 Å². The molecule has 0 N–H and O–H groups in total. The number of hydrogen-bond acceptors (Lipinski definition) is 3. The second-order valence-corrected chi connectivity index (χ2v) is 8.37. The molecule has 0 bridgehead atoms. The summed E-state index contributed by atoms with van der Waals surface area (Å²) in [4.78, 5) is 27.4. The maximum atomic E-state index is 14.2.